The Labute approximate surface area is 170 Å². The number of halogens is 1. The minimum atomic E-state index is 0.348. The first-order chi connectivity index (χ1) is 13.7. The summed E-state index contributed by atoms with van der Waals surface area (Å²) in [6, 6.07) is 9.05. The van der Waals surface area contributed by atoms with Crippen LogP contribution in [0.15, 0.2) is 36.7 Å². The monoisotopic (exact) mass is 395 g/mol. The molecule has 0 spiro atoms. The highest BCUT2D eigenvalue weighted by atomic mass is 35.5. The third-order valence-corrected chi connectivity index (χ3v) is 6.36. The second kappa shape index (κ2) is 7.37. The molecular weight excluding hydrogens is 370 g/mol. The van der Waals surface area contributed by atoms with Crippen LogP contribution in [-0.4, -0.2) is 33.6 Å². The van der Waals surface area contributed by atoms with Crippen molar-refractivity contribution in [1.29, 1.82) is 0 Å². The Balaban J connectivity index is 1.52. The summed E-state index contributed by atoms with van der Waals surface area (Å²) in [5.41, 5.74) is 9.24. The van der Waals surface area contributed by atoms with E-state index in [-0.39, 0.29) is 0 Å². The lowest BCUT2D eigenvalue weighted by Gasteiger charge is -2.37. The zero-order valence-electron chi connectivity index (χ0n) is 15.9. The van der Waals surface area contributed by atoms with Gasteiger partial charge in [0, 0.05) is 42.0 Å². The molecule has 0 amide bonds. The van der Waals surface area contributed by atoms with E-state index in [4.69, 9.17) is 22.3 Å². The lowest BCUT2D eigenvalue weighted by atomic mass is 9.90. The van der Waals surface area contributed by atoms with Crippen molar-refractivity contribution >= 4 is 28.5 Å². The maximum Gasteiger partial charge on any atom is 0.137 e. The van der Waals surface area contributed by atoms with Gasteiger partial charge in [0.05, 0.1) is 0 Å². The molecule has 0 bridgehead atoms. The van der Waals surface area contributed by atoms with Crippen molar-refractivity contribution in [3.8, 4) is 11.1 Å². The molecule has 28 heavy (non-hydrogen) atoms. The number of rotatable bonds is 5. The van der Waals surface area contributed by atoms with Gasteiger partial charge in [0.25, 0.3) is 0 Å². The first-order valence-corrected chi connectivity index (χ1v) is 10.7. The fraction of sp³-hybridized carbons (Fsp3) is 0.455. The quantitative estimate of drug-likeness (QED) is 0.610. The van der Waals surface area contributed by atoms with Gasteiger partial charge in [-0.2, -0.15) is 0 Å². The van der Waals surface area contributed by atoms with Gasteiger partial charge in [-0.05, 0) is 74.3 Å². The number of hydrogen-bond acceptors (Lipinski definition) is 4. The Morgan fingerprint density at radius 1 is 1.14 bits per heavy atom. The summed E-state index contributed by atoms with van der Waals surface area (Å²) in [6.07, 6.45) is 10.9. The molecular formula is C22H26ClN5. The van der Waals surface area contributed by atoms with Gasteiger partial charge in [-0.3, -0.25) is 0 Å². The van der Waals surface area contributed by atoms with Gasteiger partial charge in [0.2, 0.25) is 0 Å². The highest BCUT2D eigenvalue weighted by Gasteiger charge is 2.31. The van der Waals surface area contributed by atoms with Gasteiger partial charge in [0.15, 0.2) is 0 Å². The lowest BCUT2D eigenvalue weighted by Crippen LogP contribution is -2.42. The molecule has 2 saturated carbocycles. The van der Waals surface area contributed by atoms with Crippen molar-refractivity contribution in [2.75, 3.05) is 11.4 Å². The van der Waals surface area contributed by atoms with Gasteiger partial charge in [-0.15, -0.1) is 0 Å². The number of aromatic nitrogens is 3. The topological polar surface area (TPSA) is 70.8 Å². The van der Waals surface area contributed by atoms with Crippen LogP contribution in [0.1, 0.15) is 38.5 Å². The average molecular weight is 396 g/mol. The van der Waals surface area contributed by atoms with E-state index in [1.54, 1.807) is 6.20 Å². The van der Waals surface area contributed by atoms with Gasteiger partial charge in [-0.1, -0.05) is 11.6 Å². The molecule has 0 aromatic carbocycles. The van der Waals surface area contributed by atoms with E-state index in [1.807, 2.05) is 18.3 Å². The largest absolute Gasteiger partial charge is 0.353 e. The lowest BCUT2D eigenvalue weighted by molar-refractivity contribution is 0.371. The summed E-state index contributed by atoms with van der Waals surface area (Å²) in [4.78, 5) is 14.9. The summed E-state index contributed by atoms with van der Waals surface area (Å²) < 4.78 is 0. The first kappa shape index (κ1) is 18.0. The molecule has 0 radical (unpaired) electrons. The molecule has 3 aromatic heterocycles. The molecule has 0 aliphatic heterocycles. The van der Waals surface area contributed by atoms with E-state index in [9.17, 15) is 0 Å². The van der Waals surface area contributed by atoms with E-state index in [2.05, 4.69) is 27.0 Å². The SMILES string of the molecule is NC1CCC(N(CC2CC2)c2cc(-c3c[nH]c4ncccc34)cc(Cl)n2)CC1. The number of H-pyrrole nitrogens is 1. The number of fused-ring (bicyclic) bond motifs is 1. The van der Waals surface area contributed by atoms with Crippen LogP contribution in [0, 0.1) is 5.92 Å². The van der Waals surface area contributed by atoms with Crippen LogP contribution in [0.5, 0.6) is 0 Å². The smallest absolute Gasteiger partial charge is 0.137 e. The van der Waals surface area contributed by atoms with E-state index >= 15 is 0 Å². The minimum absolute atomic E-state index is 0.348. The molecule has 5 rings (SSSR count). The van der Waals surface area contributed by atoms with Crippen LogP contribution in [0.25, 0.3) is 22.2 Å². The Hall–Kier alpha value is -2.11. The van der Waals surface area contributed by atoms with E-state index in [0.29, 0.717) is 17.2 Å². The number of anilines is 1. The van der Waals surface area contributed by atoms with Crippen LogP contribution < -0.4 is 10.6 Å². The standard InChI is InChI=1S/C22H26ClN5/c23-20-10-15(19-12-26-22-18(19)2-1-9-25-22)11-21(27-20)28(13-14-3-4-14)17-7-5-16(24)6-8-17/h1-2,9-12,14,16-17H,3-8,13,24H2,(H,25,26). The van der Waals surface area contributed by atoms with Crippen LogP contribution in [0.3, 0.4) is 0 Å². The van der Waals surface area contributed by atoms with Crippen molar-refractivity contribution < 1.29 is 0 Å². The molecule has 2 fully saturated rings. The first-order valence-electron chi connectivity index (χ1n) is 10.3. The average Bonchev–Trinajstić information content (AvgIpc) is 3.42. The third kappa shape index (κ3) is 3.61. The van der Waals surface area contributed by atoms with Crippen molar-refractivity contribution in [3.05, 3.63) is 41.8 Å². The van der Waals surface area contributed by atoms with Crippen molar-refractivity contribution in [2.45, 2.75) is 50.6 Å². The zero-order chi connectivity index (χ0) is 19.1. The molecule has 2 aliphatic rings. The number of nitrogens with zero attached hydrogens (tertiary/aromatic N) is 3. The Bertz CT molecular complexity index is 972. The number of aromatic amines is 1. The highest BCUT2D eigenvalue weighted by molar-refractivity contribution is 6.29. The number of nitrogens with one attached hydrogen (secondary N) is 1. The van der Waals surface area contributed by atoms with E-state index < -0.39 is 0 Å². The second-order valence-electron chi connectivity index (χ2n) is 8.30. The summed E-state index contributed by atoms with van der Waals surface area (Å²) >= 11 is 6.49. The van der Waals surface area contributed by atoms with E-state index in [1.165, 1.54) is 12.8 Å². The van der Waals surface area contributed by atoms with Crippen molar-refractivity contribution in [3.63, 3.8) is 0 Å². The predicted octanol–water partition coefficient (Wildman–Crippen LogP) is 4.76. The Kier molecular flexibility index (Phi) is 4.73. The maximum atomic E-state index is 6.49. The molecule has 2 aliphatic carbocycles. The fourth-order valence-electron chi connectivity index (χ4n) is 4.40. The fourth-order valence-corrected chi connectivity index (χ4v) is 4.61. The number of nitrogens with two attached hydrogens (primary N) is 1. The van der Waals surface area contributed by atoms with Crippen LogP contribution in [0.4, 0.5) is 5.82 Å². The molecule has 5 nitrogen and oxygen atoms in total. The molecule has 0 atom stereocenters. The Morgan fingerprint density at radius 2 is 1.96 bits per heavy atom. The molecule has 3 aromatic rings. The number of pyridine rings is 2. The molecule has 3 N–H and O–H groups in total. The van der Waals surface area contributed by atoms with Crippen LogP contribution in [0.2, 0.25) is 5.15 Å². The second-order valence-corrected chi connectivity index (χ2v) is 8.69. The van der Waals surface area contributed by atoms with Gasteiger partial charge in [0.1, 0.15) is 16.6 Å². The molecule has 3 heterocycles. The van der Waals surface area contributed by atoms with Gasteiger partial charge >= 0.3 is 0 Å². The third-order valence-electron chi connectivity index (χ3n) is 6.17. The van der Waals surface area contributed by atoms with Gasteiger partial charge < -0.3 is 15.6 Å². The highest BCUT2D eigenvalue weighted by Crippen LogP contribution is 2.37. The minimum Gasteiger partial charge on any atom is -0.353 e. The summed E-state index contributed by atoms with van der Waals surface area (Å²) in [5, 5.41) is 1.65. The van der Waals surface area contributed by atoms with Crippen molar-refractivity contribution in [1.82, 2.24) is 15.0 Å². The summed E-state index contributed by atoms with van der Waals surface area (Å²) in [6.45, 7) is 1.07. The summed E-state index contributed by atoms with van der Waals surface area (Å²) in [5.74, 6) is 1.78. The molecule has 6 heteroatoms. The van der Waals surface area contributed by atoms with E-state index in [0.717, 1.165) is 66.1 Å². The molecule has 0 saturated heterocycles. The summed E-state index contributed by atoms with van der Waals surface area (Å²) in [7, 11) is 0. The maximum absolute atomic E-state index is 6.49. The predicted molar refractivity (Wildman–Crippen MR) is 115 cm³/mol. The molecule has 0 unspecified atom stereocenters. The Morgan fingerprint density at radius 3 is 2.75 bits per heavy atom. The zero-order valence-corrected chi connectivity index (χ0v) is 16.7. The van der Waals surface area contributed by atoms with Crippen LogP contribution in [-0.2, 0) is 0 Å². The van der Waals surface area contributed by atoms with Crippen molar-refractivity contribution in [2.24, 2.45) is 11.7 Å². The normalized spacial score (nSPS) is 22.5. The van der Waals surface area contributed by atoms with Crippen LogP contribution >= 0.6 is 11.6 Å². The van der Waals surface area contributed by atoms with Gasteiger partial charge in [-0.25, -0.2) is 9.97 Å². The molecule has 146 valence electrons. The number of hydrogen-bond donors (Lipinski definition) is 2.